The standard InChI is InChI=1S/C20H13NO4.C2H7NO.2CH4O3S/c22-10-9-21-19(23)13-6-5-12-11-3-1-2-4-15(11)25-16-8-7-14(20(21)24)17(13)18(12)16;3-1-2-4;2*1-5(2,3)4/h1-8,22H,9-10H2;4H,1-3H2;2*1H3,(H,2,3,4)/p-1. The molecule has 0 unspecified atom stereocenters. The van der Waals surface area contributed by atoms with Gasteiger partial charge in [-0.2, -0.15) is 0 Å². The lowest BCUT2D eigenvalue weighted by Gasteiger charge is -2.13. The monoisotopic (exact) mass is 583 g/mol. The maximum atomic E-state index is 12.7. The van der Waals surface area contributed by atoms with E-state index in [-0.39, 0.29) is 30.9 Å². The fourth-order valence-corrected chi connectivity index (χ4v) is 3.71. The van der Waals surface area contributed by atoms with Crippen LogP contribution in [0.3, 0.4) is 0 Å². The summed E-state index contributed by atoms with van der Waals surface area (Å²) in [6.07, 6.45) is 1.21. The van der Waals surface area contributed by atoms with Crippen molar-refractivity contribution in [1.82, 2.24) is 4.57 Å². The minimum absolute atomic E-state index is 0.0125. The molecule has 2 aromatic heterocycles. The second-order valence-corrected chi connectivity index (χ2v) is 10.9. The van der Waals surface area contributed by atoms with Gasteiger partial charge in [-0.15, -0.1) is 0 Å². The molecule has 0 saturated carbocycles. The van der Waals surface area contributed by atoms with Crippen LogP contribution < -0.4 is 16.9 Å². The molecule has 0 radical (unpaired) electrons. The number of aliphatic hydroxyl groups is 2. The summed E-state index contributed by atoms with van der Waals surface area (Å²) in [5.41, 5.74) is 4.00. The summed E-state index contributed by atoms with van der Waals surface area (Å²) in [7, 11) is -7.83. The summed E-state index contributed by atoms with van der Waals surface area (Å²) in [6, 6.07) is 14.8. The third-order valence-corrected chi connectivity index (χ3v) is 4.95. The van der Waals surface area contributed by atoms with Crippen LogP contribution in [0.5, 0.6) is 0 Å². The zero-order valence-electron chi connectivity index (χ0n) is 21.0. The fourth-order valence-electron chi connectivity index (χ4n) is 3.71. The van der Waals surface area contributed by atoms with Crippen LogP contribution in [-0.4, -0.2) is 73.0 Å². The van der Waals surface area contributed by atoms with Crippen molar-refractivity contribution in [2.24, 2.45) is 0 Å². The number of hydrogen-bond acceptors (Lipinski definition) is 11. The van der Waals surface area contributed by atoms with E-state index in [1.165, 1.54) is 0 Å². The van der Waals surface area contributed by atoms with Crippen LogP contribution >= 0.6 is 0 Å². The van der Waals surface area contributed by atoms with Crippen molar-refractivity contribution in [3.05, 3.63) is 69.2 Å². The van der Waals surface area contributed by atoms with E-state index in [1.807, 2.05) is 30.3 Å². The molecular formula is C24H27N2O11S2-. The molecule has 0 aliphatic heterocycles. The molecule has 0 saturated heterocycles. The largest absolute Gasteiger partial charge is 0.748 e. The second-order valence-electron chi connectivity index (χ2n) is 8.09. The SMILES string of the molecule is CS(=O)(=O)[O-].CS(=O)(=O)[O-].O=c1c2ccc3oc4ccccc4c4ccc(c(=O)n1CCO)c2c34.[NH3+]CCO. The third-order valence-electron chi connectivity index (χ3n) is 4.95. The van der Waals surface area contributed by atoms with Gasteiger partial charge in [-0.3, -0.25) is 14.2 Å². The van der Waals surface area contributed by atoms with E-state index in [9.17, 15) is 14.7 Å². The number of fused-ring (bicyclic) bond motifs is 2. The van der Waals surface area contributed by atoms with Gasteiger partial charge in [-0.05, 0) is 29.7 Å². The zero-order chi connectivity index (χ0) is 29.5. The number of para-hydroxylation sites is 1. The Hall–Kier alpha value is -3.44. The Balaban J connectivity index is 0.000000319. The van der Waals surface area contributed by atoms with Crippen LogP contribution in [0.2, 0.25) is 0 Å². The van der Waals surface area contributed by atoms with Gasteiger partial charge in [0.1, 0.15) is 11.2 Å². The lowest BCUT2D eigenvalue weighted by atomic mass is 9.96. The maximum Gasteiger partial charge on any atom is 0.261 e. The number of quaternary nitrogens is 1. The number of benzene rings is 3. The van der Waals surface area contributed by atoms with Gasteiger partial charge in [0, 0.05) is 39.4 Å². The Morgan fingerprint density at radius 1 is 0.744 bits per heavy atom. The molecule has 0 atom stereocenters. The van der Waals surface area contributed by atoms with Crippen molar-refractivity contribution in [3.8, 4) is 0 Å². The number of hydrogen-bond donors (Lipinski definition) is 3. The third kappa shape index (κ3) is 8.52. The van der Waals surface area contributed by atoms with Crippen LogP contribution in [0, 0.1) is 0 Å². The predicted molar refractivity (Wildman–Crippen MR) is 144 cm³/mol. The van der Waals surface area contributed by atoms with Gasteiger partial charge in [-0.25, -0.2) is 16.8 Å². The van der Waals surface area contributed by atoms with Gasteiger partial charge in [0.05, 0.1) is 46.5 Å². The Morgan fingerprint density at radius 3 is 1.69 bits per heavy atom. The van der Waals surface area contributed by atoms with E-state index in [2.05, 4.69) is 5.73 Å². The first kappa shape index (κ1) is 31.8. The normalized spacial score (nSPS) is 11.5. The summed E-state index contributed by atoms with van der Waals surface area (Å²) in [4.78, 5) is 25.5. The summed E-state index contributed by atoms with van der Waals surface area (Å²) in [5, 5.41) is 21.2. The summed E-state index contributed by atoms with van der Waals surface area (Å²) in [5.74, 6) is 0. The molecule has 13 nitrogen and oxygen atoms in total. The fraction of sp³-hybridized carbons (Fsp3) is 0.250. The smallest absolute Gasteiger partial charge is 0.261 e. The van der Waals surface area contributed by atoms with E-state index in [0.717, 1.165) is 26.3 Å². The van der Waals surface area contributed by atoms with Crippen LogP contribution in [0.1, 0.15) is 0 Å². The molecule has 0 amide bonds. The molecule has 5 rings (SSSR count). The molecule has 15 heteroatoms. The van der Waals surface area contributed by atoms with Gasteiger partial charge < -0.3 is 29.5 Å². The maximum absolute atomic E-state index is 12.7. The Kier molecular flexibility index (Phi) is 10.7. The van der Waals surface area contributed by atoms with Crippen molar-refractivity contribution < 1.29 is 46.3 Å². The van der Waals surface area contributed by atoms with Crippen molar-refractivity contribution in [2.45, 2.75) is 6.54 Å². The van der Waals surface area contributed by atoms with Crippen LogP contribution in [-0.2, 0) is 26.8 Å². The van der Waals surface area contributed by atoms with Crippen LogP contribution in [0.15, 0.2) is 62.5 Å². The lowest BCUT2D eigenvalue weighted by Crippen LogP contribution is -2.51. The molecule has 5 N–H and O–H groups in total. The molecule has 0 aliphatic rings. The highest BCUT2D eigenvalue weighted by Gasteiger charge is 2.18. The van der Waals surface area contributed by atoms with Crippen molar-refractivity contribution in [1.29, 1.82) is 0 Å². The number of pyridine rings is 1. The quantitative estimate of drug-likeness (QED) is 0.138. The molecular weight excluding hydrogens is 556 g/mol. The molecule has 0 aliphatic carbocycles. The molecule has 212 valence electrons. The highest BCUT2D eigenvalue weighted by Crippen LogP contribution is 2.36. The summed E-state index contributed by atoms with van der Waals surface area (Å²) < 4.78 is 61.5. The highest BCUT2D eigenvalue weighted by atomic mass is 32.2. The molecule has 0 bridgehead atoms. The van der Waals surface area contributed by atoms with E-state index in [4.69, 9.17) is 35.5 Å². The predicted octanol–water partition coefficient (Wildman–Crippen LogP) is -0.612. The Bertz CT molecular complexity index is 1830. The van der Waals surface area contributed by atoms with E-state index < -0.39 is 20.2 Å². The number of aliphatic hydroxyl groups excluding tert-OH is 2. The second kappa shape index (κ2) is 13.1. The van der Waals surface area contributed by atoms with Crippen molar-refractivity contribution in [3.63, 3.8) is 0 Å². The van der Waals surface area contributed by atoms with Crippen LogP contribution in [0.4, 0.5) is 0 Å². The molecule has 5 aromatic rings. The number of rotatable bonds is 3. The minimum Gasteiger partial charge on any atom is -0.748 e. The van der Waals surface area contributed by atoms with E-state index in [1.54, 1.807) is 18.2 Å². The van der Waals surface area contributed by atoms with Crippen molar-refractivity contribution >= 4 is 63.7 Å². The minimum atomic E-state index is -3.92. The van der Waals surface area contributed by atoms with Crippen molar-refractivity contribution in [2.75, 3.05) is 32.3 Å². The van der Waals surface area contributed by atoms with Gasteiger partial charge in [0.2, 0.25) is 0 Å². The molecule has 2 heterocycles. The summed E-state index contributed by atoms with van der Waals surface area (Å²) >= 11 is 0. The molecule has 0 spiro atoms. The van der Waals surface area contributed by atoms with Gasteiger partial charge in [0.25, 0.3) is 11.1 Å². The first-order valence-corrected chi connectivity index (χ1v) is 14.8. The molecule has 3 aromatic carbocycles. The number of aromatic nitrogens is 1. The van der Waals surface area contributed by atoms with Gasteiger partial charge in [-0.1, -0.05) is 24.3 Å². The molecule has 0 fully saturated rings. The highest BCUT2D eigenvalue weighted by molar-refractivity contribution is 7.85. The van der Waals surface area contributed by atoms with E-state index in [0.29, 0.717) is 40.8 Å². The molecule has 39 heavy (non-hydrogen) atoms. The average Bonchev–Trinajstić information content (AvgIpc) is 2.84. The Morgan fingerprint density at radius 2 is 1.21 bits per heavy atom. The topological polar surface area (TPSA) is 235 Å². The van der Waals surface area contributed by atoms with E-state index >= 15 is 0 Å². The lowest BCUT2D eigenvalue weighted by molar-refractivity contribution is -0.372. The van der Waals surface area contributed by atoms with Gasteiger partial charge >= 0.3 is 0 Å². The first-order chi connectivity index (χ1) is 18.1. The Labute approximate surface area is 222 Å². The van der Waals surface area contributed by atoms with Gasteiger partial charge in [0.15, 0.2) is 0 Å². The zero-order valence-corrected chi connectivity index (χ0v) is 22.6. The summed E-state index contributed by atoms with van der Waals surface area (Å²) in [6.45, 7) is 0.560. The van der Waals surface area contributed by atoms with Crippen LogP contribution in [0.25, 0.3) is 43.5 Å². The number of nitrogens with zero attached hydrogens (tertiary/aromatic N) is 1. The first-order valence-electron chi connectivity index (χ1n) is 11.2. The average molecular weight is 584 g/mol.